The zero-order chi connectivity index (χ0) is 13.4. The Kier molecular flexibility index (Phi) is 2.91. The van der Waals surface area contributed by atoms with Gasteiger partial charge in [0.25, 0.3) is 0 Å². The van der Waals surface area contributed by atoms with Gasteiger partial charge in [-0.25, -0.2) is 4.68 Å². The van der Waals surface area contributed by atoms with E-state index in [0.717, 1.165) is 24.1 Å². The summed E-state index contributed by atoms with van der Waals surface area (Å²) in [4.78, 5) is 0. The number of tetrazole rings is 1. The Labute approximate surface area is 114 Å². The first-order chi connectivity index (χ1) is 9.20. The lowest BCUT2D eigenvalue weighted by molar-refractivity contribution is 0.565. The topological polar surface area (TPSA) is 93.2 Å². The van der Waals surface area contributed by atoms with E-state index in [4.69, 9.17) is 0 Å². The number of nitriles is 1. The van der Waals surface area contributed by atoms with Crippen LogP contribution < -0.4 is 0 Å². The van der Waals surface area contributed by atoms with Crippen molar-refractivity contribution in [3.63, 3.8) is 0 Å². The van der Waals surface area contributed by atoms with Crippen LogP contribution in [0.2, 0.25) is 0 Å². The van der Waals surface area contributed by atoms with Gasteiger partial charge in [0, 0.05) is 0 Å². The Morgan fingerprint density at radius 2 is 2.05 bits per heavy atom. The molecule has 1 aliphatic rings. The predicted molar refractivity (Wildman–Crippen MR) is 66.4 cm³/mol. The first kappa shape index (κ1) is 12.0. The molecule has 3 rings (SSSR count). The molecule has 1 fully saturated rings. The molecule has 2 aromatic rings. The molecule has 2 heterocycles. The van der Waals surface area contributed by atoms with E-state index in [1.54, 1.807) is 4.68 Å². The highest BCUT2D eigenvalue weighted by molar-refractivity contribution is 7.99. The van der Waals surface area contributed by atoms with Crippen LogP contribution in [0.15, 0.2) is 10.2 Å². The van der Waals surface area contributed by atoms with Crippen LogP contribution in [0.1, 0.15) is 35.7 Å². The fourth-order valence-corrected chi connectivity index (χ4v) is 2.59. The fraction of sp³-hybridized carbons (Fsp3) is 0.455. The van der Waals surface area contributed by atoms with Crippen LogP contribution in [0, 0.1) is 25.2 Å². The van der Waals surface area contributed by atoms with Crippen LogP contribution in [0.3, 0.4) is 0 Å². The summed E-state index contributed by atoms with van der Waals surface area (Å²) >= 11 is 1.29. The zero-order valence-corrected chi connectivity index (χ0v) is 11.3. The molecule has 0 aromatic carbocycles. The third-order valence-electron chi connectivity index (χ3n) is 3.08. The van der Waals surface area contributed by atoms with E-state index in [2.05, 4.69) is 31.8 Å². The minimum Gasteiger partial charge on any atom is -0.217 e. The van der Waals surface area contributed by atoms with Gasteiger partial charge >= 0.3 is 0 Å². The number of aryl methyl sites for hydroxylation is 1. The third kappa shape index (κ3) is 2.17. The number of rotatable bonds is 3. The van der Waals surface area contributed by atoms with E-state index in [0.29, 0.717) is 21.8 Å². The quantitative estimate of drug-likeness (QED) is 0.835. The van der Waals surface area contributed by atoms with Crippen molar-refractivity contribution >= 4 is 11.8 Å². The second-order valence-electron chi connectivity index (χ2n) is 4.44. The largest absolute Gasteiger partial charge is 0.217 e. The summed E-state index contributed by atoms with van der Waals surface area (Å²) in [7, 11) is 0. The normalized spacial score (nSPS) is 14.4. The van der Waals surface area contributed by atoms with Crippen molar-refractivity contribution in [2.24, 2.45) is 0 Å². The third-order valence-corrected chi connectivity index (χ3v) is 4.01. The highest BCUT2D eigenvalue weighted by atomic mass is 32.2. The Morgan fingerprint density at radius 1 is 1.26 bits per heavy atom. The van der Waals surface area contributed by atoms with Crippen molar-refractivity contribution in [3.8, 4) is 6.07 Å². The molecule has 0 bridgehead atoms. The fourth-order valence-electron chi connectivity index (χ4n) is 1.68. The molecule has 0 atom stereocenters. The maximum atomic E-state index is 9.25. The maximum absolute atomic E-state index is 9.25. The number of aromatic nitrogens is 6. The van der Waals surface area contributed by atoms with Crippen molar-refractivity contribution in [1.29, 1.82) is 5.26 Å². The van der Waals surface area contributed by atoms with Crippen molar-refractivity contribution in [2.75, 3.05) is 0 Å². The Morgan fingerprint density at radius 3 is 2.74 bits per heavy atom. The first-order valence-electron chi connectivity index (χ1n) is 5.90. The van der Waals surface area contributed by atoms with Crippen molar-refractivity contribution in [2.45, 2.75) is 42.9 Å². The summed E-state index contributed by atoms with van der Waals surface area (Å²) in [5.74, 6) is 0. The summed E-state index contributed by atoms with van der Waals surface area (Å²) in [6.07, 6.45) is 2.20. The molecule has 7 nitrogen and oxygen atoms in total. The van der Waals surface area contributed by atoms with Gasteiger partial charge in [-0.1, -0.05) is 0 Å². The molecule has 1 aliphatic carbocycles. The minimum atomic E-state index is 0.391. The molecule has 0 radical (unpaired) electrons. The van der Waals surface area contributed by atoms with Gasteiger partial charge < -0.3 is 0 Å². The smallest absolute Gasteiger partial charge is 0.215 e. The Hall–Kier alpha value is -2.01. The van der Waals surface area contributed by atoms with Crippen LogP contribution >= 0.6 is 11.8 Å². The Bertz CT molecular complexity index is 668. The zero-order valence-electron chi connectivity index (χ0n) is 10.5. The molecule has 0 unspecified atom stereocenters. The van der Waals surface area contributed by atoms with Gasteiger partial charge in [-0.15, -0.1) is 10.2 Å². The number of hydrogen-bond donors (Lipinski definition) is 0. The standard InChI is InChI=1S/C11H11N7S/c1-6-7(2)13-14-10(9(6)5-12)19-11-15-16-17-18(11)8-3-4-8/h8H,3-4H2,1-2H3. The van der Waals surface area contributed by atoms with Gasteiger partial charge in [0.15, 0.2) is 0 Å². The van der Waals surface area contributed by atoms with Crippen molar-refractivity contribution < 1.29 is 0 Å². The highest BCUT2D eigenvalue weighted by Crippen LogP contribution is 2.38. The molecule has 0 spiro atoms. The summed E-state index contributed by atoms with van der Waals surface area (Å²) < 4.78 is 1.79. The summed E-state index contributed by atoms with van der Waals surface area (Å²) in [5.41, 5.74) is 2.16. The Balaban J connectivity index is 1.97. The number of nitrogens with zero attached hydrogens (tertiary/aromatic N) is 7. The maximum Gasteiger partial charge on any atom is 0.215 e. The van der Waals surface area contributed by atoms with Gasteiger partial charge in [-0.2, -0.15) is 10.4 Å². The van der Waals surface area contributed by atoms with E-state index in [1.165, 1.54) is 11.8 Å². The summed E-state index contributed by atoms with van der Waals surface area (Å²) in [6, 6.07) is 2.57. The molecule has 96 valence electrons. The average molecular weight is 273 g/mol. The number of hydrogen-bond acceptors (Lipinski definition) is 7. The van der Waals surface area contributed by atoms with E-state index in [9.17, 15) is 5.26 Å². The predicted octanol–water partition coefficient (Wildman–Crippen LogP) is 1.44. The average Bonchev–Trinajstić information content (AvgIpc) is 3.15. The molecular formula is C11H11N7S. The molecule has 0 aliphatic heterocycles. The lowest BCUT2D eigenvalue weighted by Crippen LogP contribution is -2.02. The second kappa shape index (κ2) is 4.59. The van der Waals surface area contributed by atoms with E-state index in [-0.39, 0.29) is 0 Å². The molecule has 8 heteroatoms. The molecule has 2 aromatic heterocycles. The first-order valence-corrected chi connectivity index (χ1v) is 6.72. The lowest BCUT2D eigenvalue weighted by Gasteiger charge is -2.06. The monoisotopic (exact) mass is 273 g/mol. The van der Waals surface area contributed by atoms with Crippen LogP contribution in [-0.4, -0.2) is 30.4 Å². The van der Waals surface area contributed by atoms with Gasteiger partial charge in [0.05, 0.1) is 17.3 Å². The SMILES string of the molecule is Cc1nnc(Sc2nnnn2C2CC2)c(C#N)c1C. The molecule has 19 heavy (non-hydrogen) atoms. The van der Waals surface area contributed by atoms with Gasteiger partial charge in [0.2, 0.25) is 5.16 Å². The molecule has 0 saturated heterocycles. The molecule has 1 saturated carbocycles. The van der Waals surface area contributed by atoms with Gasteiger partial charge in [-0.05, 0) is 54.4 Å². The van der Waals surface area contributed by atoms with Gasteiger partial charge in [0.1, 0.15) is 11.1 Å². The minimum absolute atomic E-state index is 0.391. The van der Waals surface area contributed by atoms with E-state index < -0.39 is 0 Å². The lowest BCUT2D eigenvalue weighted by atomic mass is 10.1. The van der Waals surface area contributed by atoms with Crippen LogP contribution in [0.5, 0.6) is 0 Å². The summed E-state index contributed by atoms with van der Waals surface area (Å²) in [5, 5.41) is 30.3. The van der Waals surface area contributed by atoms with Crippen LogP contribution in [-0.2, 0) is 0 Å². The van der Waals surface area contributed by atoms with Crippen LogP contribution in [0.25, 0.3) is 0 Å². The van der Waals surface area contributed by atoms with Gasteiger partial charge in [-0.3, -0.25) is 0 Å². The molecular weight excluding hydrogens is 262 g/mol. The second-order valence-corrected chi connectivity index (χ2v) is 5.40. The van der Waals surface area contributed by atoms with Crippen LogP contribution in [0.4, 0.5) is 0 Å². The molecule has 0 N–H and O–H groups in total. The van der Waals surface area contributed by atoms with E-state index >= 15 is 0 Å². The highest BCUT2D eigenvalue weighted by Gasteiger charge is 2.28. The van der Waals surface area contributed by atoms with Crippen molar-refractivity contribution in [1.82, 2.24) is 30.4 Å². The summed E-state index contributed by atoms with van der Waals surface area (Å²) in [6.45, 7) is 3.71. The van der Waals surface area contributed by atoms with E-state index in [1.807, 2.05) is 13.8 Å². The van der Waals surface area contributed by atoms with Crippen molar-refractivity contribution in [3.05, 3.63) is 16.8 Å². The molecule has 0 amide bonds.